The van der Waals surface area contributed by atoms with E-state index in [4.69, 9.17) is 16.0 Å². The first-order chi connectivity index (χ1) is 16.6. The average molecular weight is 479 g/mol. The van der Waals surface area contributed by atoms with Crippen molar-refractivity contribution in [3.63, 3.8) is 0 Å². The van der Waals surface area contributed by atoms with Crippen LogP contribution < -0.4 is 16.1 Å². The van der Waals surface area contributed by atoms with Gasteiger partial charge in [0.05, 0.1) is 22.6 Å². The molecule has 1 saturated carbocycles. The molecule has 8 heteroatoms. The van der Waals surface area contributed by atoms with E-state index in [2.05, 4.69) is 27.9 Å². The molecule has 34 heavy (non-hydrogen) atoms. The van der Waals surface area contributed by atoms with Gasteiger partial charge in [0, 0.05) is 25.0 Å². The second-order valence-corrected chi connectivity index (χ2v) is 9.35. The molecule has 0 unspecified atom stereocenters. The molecule has 1 aliphatic carbocycles. The summed E-state index contributed by atoms with van der Waals surface area (Å²) in [6.07, 6.45) is 10.7. The third-order valence-corrected chi connectivity index (χ3v) is 6.71. The van der Waals surface area contributed by atoms with E-state index in [9.17, 15) is 9.59 Å². The number of carbonyl (C=O) groups is 1. The van der Waals surface area contributed by atoms with Crippen molar-refractivity contribution in [2.45, 2.75) is 45.2 Å². The molecule has 1 aromatic carbocycles. The van der Waals surface area contributed by atoms with Crippen molar-refractivity contribution in [1.29, 1.82) is 0 Å². The van der Waals surface area contributed by atoms with E-state index in [1.807, 2.05) is 16.7 Å². The maximum atomic E-state index is 12.6. The summed E-state index contributed by atoms with van der Waals surface area (Å²) in [5, 5.41) is 6.98. The van der Waals surface area contributed by atoms with Gasteiger partial charge in [0.2, 0.25) is 0 Å². The SMILES string of the molecule is O=C(NCc1cn2cc(CNCC3CCCCC3)ccc2n1)c1cc(=O)c2cccc(Cl)c2o1. The van der Waals surface area contributed by atoms with Gasteiger partial charge in [-0.15, -0.1) is 0 Å². The van der Waals surface area contributed by atoms with Crippen molar-refractivity contribution in [2.24, 2.45) is 5.92 Å². The summed E-state index contributed by atoms with van der Waals surface area (Å²) in [5.41, 5.74) is 2.60. The number of fused-ring (bicyclic) bond motifs is 2. The molecule has 0 saturated heterocycles. The summed E-state index contributed by atoms with van der Waals surface area (Å²) < 4.78 is 7.57. The molecule has 176 valence electrons. The Hall–Kier alpha value is -3.16. The van der Waals surface area contributed by atoms with Crippen molar-refractivity contribution >= 4 is 34.1 Å². The molecular formula is C26H27ClN4O3. The van der Waals surface area contributed by atoms with Crippen LogP contribution in [0.25, 0.3) is 16.6 Å². The summed E-state index contributed by atoms with van der Waals surface area (Å²) in [5.74, 6) is 0.216. The van der Waals surface area contributed by atoms with Gasteiger partial charge in [-0.2, -0.15) is 0 Å². The Morgan fingerprint density at radius 3 is 2.82 bits per heavy atom. The van der Waals surface area contributed by atoms with Crippen molar-refractivity contribution in [3.05, 3.63) is 81.1 Å². The van der Waals surface area contributed by atoms with Gasteiger partial charge in [-0.25, -0.2) is 4.98 Å². The number of carbonyl (C=O) groups excluding carboxylic acids is 1. The molecule has 0 atom stereocenters. The van der Waals surface area contributed by atoms with Gasteiger partial charge in [-0.3, -0.25) is 9.59 Å². The Labute approximate surface area is 202 Å². The molecule has 0 radical (unpaired) electrons. The van der Waals surface area contributed by atoms with Gasteiger partial charge < -0.3 is 19.5 Å². The van der Waals surface area contributed by atoms with Gasteiger partial charge in [0.15, 0.2) is 16.8 Å². The third-order valence-electron chi connectivity index (χ3n) is 6.41. The minimum Gasteiger partial charge on any atom is -0.449 e. The quantitative estimate of drug-likeness (QED) is 0.402. The number of nitrogens with one attached hydrogen (secondary N) is 2. The topological polar surface area (TPSA) is 88.6 Å². The fourth-order valence-corrected chi connectivity index (χ4v) is 4.82. The number of hydrogen-bond acceptors (Lipinski definition) is 5. The molecule has 5 rings (SSSR count). The molecule has 1 aliphatic rings. The lowest BCUT2D eigenvalue weighted by Crippen LogP contribution is -2.24. The summed E-state index contributed by atoms with van der Waals surface area (Å²) >= 11 is 6.13. The standard InChI is InChI=1S/C26H27ClN4O3/c27-21-8-4-7-20-22(32)11-23(34-25(20)21)26(33)29-14-19-16-31-15-18(9-10-24(31)30-19)13-28-12-17-5-2-1-3-6-17/h4,7-11,15-17,28H,1-3,5-6,12-14H2,(H,29,33). The second kappa shape index (κ2) is 9.99. The molecule has 1 fully saturated rings. The van der Waals surface area contributed by atoms with Crippen LogP contribution in [-0.4, -0.2) is 21.8 Å². The summed E-state index contributed by atoms with van der Waals surface area (Å²) in [4.78, 5) is 29.5. The third kappa shape index (κ3) is 5.00. The van der Waals surface area contributed by atoms with Crippen molar-refractivity contribution in [1.82, 2.24) is 20.0 Å². The Morgan fingerprint density at radius 1 is 1.12 bits per heavy atom. The van der Waals surface area contributed by atoms with Crippen molar-refractivity contribution in [3.8, 4) is 0 Å². The number of hydrogen-bond donors (Lipinski definition) is 2. The van der Waals surface area contributed by atoms with Crippen LogP contribution in [0.1, 0.15) is 53.9 Å². The highest BCUT2D eigenvalue weighted by Gasteiger charge is 2.15. The first kappa shape index (κ1) is 22.6. The van der Waals surface area contributed by atoms with Crippen LogP contribution >= 0.6 is 11.6 Å². The molecule has 3 heterocycles. The Bertz CT molecular complexity index is 1390. The van der Waals surface area contributed by atoms with E-state index in [-0.39, 0.29) is 28.3 Å². The Morgan fingerprint density at radius 2 is 1.97 bits per heavy atom. The number of aromatic nitrogens is 2. The minimum atomic E-state index is -0.497. The molecule has 0 spiro atoms. The highest BCUT2D eigenvalue weighted by atomic mass is 35.5. The van der Waals surface area contributed by atoms with E-state index in [0.717, 1.165) is 24.7 Å². The maximum Gasteiger partial charge on any atom is 0.287 e. The van der Waals surface area contributed by atoms with Crippen molar-refractivity contribution < 1.29 is 9.21 Å². The van der Waals surface area contributed by atoms with Gasteiger partial charge in [0.25, 0.3) is 5.91 Å². The van der Waals surface area contributed by atoms with Gasteiger partial charge in [-0.1, -0.05) is 43.0 Å². The molecule has 3 aromatic heterocycles. The number of pyridine rings is 1. The average Bonchev–Trinajstić information content (AvgIpc) is 3.26. The zero-order valence-corrected chi connectivity index (χ0v) is 19.6. The van der Waals surface area contributed by atoms with E-state index in [1.54, 1.807) is 18.2 Å². The number of nitrogens with zero attached hydrogens (tertiary/aromatic N) is 2. The fraction of sp³-hybridized carbons (Fsp3) is 0.346. The minimum absolute atomic E-state index is 0.0827. The zero-order chi connectivity index (χ0) is 23.5. The fourth-order valence-electron chi connectivity index (χ4n) is 4.60. The van der Waals surface area contributed by atoms with Crippen LogP contribution in [-0.2, 0) is 13.1 Å². The molecule has 2 N–H and O–H groups in total. The van der Waals surface area contributed by atoms with E-state index < -0.39 is 5.91 Å². The number of benzene rings is 1. The van der Waals surface area contributed by atoms with Crippen molar-refractivity contribution in [2.75, 3.05) is 6.54 Å². The van der Waals surface area contributed by atoms with E-state index in [1.165, 1.54) is 43.7 Å². The second-order valence-electron chi connectivity index (χ2n) is 8.94. The van der Waals surface area contributed by atoms with Crippen LogP contribution in [0.4, 0.5) is 0 Å². The normalized spacial score (nSPS) is 14.6. The zero-order valence-electron chi connectivity index (χ0n) is 18.9. The summed E-state index contributed by atoms with van der Waals surface area (Å²) in [7, 11) is 0. The molecule has 4 aromatic rings. The maximum absolute atomic E-state index is 12.6. The van der Waals surface area contributed by atoms with Crippen LogP contribution in [0.3, 0.4) is 0 Å². The van der Waals surface area contributed by atoms with Gasteiger partial charge >= 0.3 is 0 Å². The predicted octanol–water partition coefficient (Wildman–Crippen LogP) is 4.69. The highest BCUT2D eigenvalue weighted by molar-refractivity contribution is 6.34. The van der Waals surface area contributed by atoms with Crippen LogP contribution in [0, 0.1) is 5.92 Å². The molecule has 1 amide bonds. The number of para-hydroxylation sites is 1. The predicted molar refractivity (Wildman–Crippen MR) is 132 cm³/mol. The summed E-state index contributed by atoms with van der Waals surface area (Å²) in [6, 6.07) is 10.1. The van der Waals surface area contributed by atoms with Gasteiger partial charge in [-0.05, 0) is 49.1 Å². The lowest BCUT2D eigenvalue weighted by molar-refractivity contribution is 0.0923. The Kier molecular flexibility index (Phi) is 6.65. The lowest BCUT2D eigenvalue weighted by Gasteiger charge is -2.21. The first-order valence-corrected chi connectivity index (χ1v) is 12.1. The van der Waals surface area contributed by atoms with Crippen LogP contribution in [0.15, 0.2) is 58.0 Å². The first-order valence-electron chi connectivity index (χ1n) is 11.7. The van der Waals surface area contributed by atoms with E-state index >= 15 is 0 Å². The molecular weight excluding hydrogens is 452 g/mol. The lowest BCUT2D eigenvalue weighted by atomic mass is 9.89. The van der Waals surface area contributed by atoms with Crippen LogP contribution in [0.5, 0.6) is 0 Å². The smallest absolute Gasteiger partial charge is 0.287 e. The number of amides is 1. The van der Waals surface area contributed by atoms with Crippen LogP contribution in [0.2, 0.25) is 5.02 Å². The number of halogens is 1. The molecule has 0 aliphatic heterocycles. The summed E-state index contributed by atoms with van der Waals surface area (Å²) in [6.45, 7) is 2.09. The number of rotatable bonds is 7. The molecule has 0 bridgehead atoms. The number of imidazole rings is 1. The van der Waals surface area contributed by atoms with E-state index in [0.29, 0.717) is 11.1 Å². The largest absolute Gasteiger partial charge is 0.449 e. The molecule has 7 nitrogen and oxygen atoms in total. The highest BCUT2D eigenvalue weighted by Crippen LogP contribution is 2.23. The van der Waals surface area contributed by atoms with Gasteiger partial charge in [0.1, 0.15) is 5.65 Å². The Balaban J connectivity index is 1.22. The monoisotopic (exact) mass is 478 g/mol.